The van der Waals surface area contributed by atoms with Crippen LogP contribution in [-0.4, -0.2) is 44.2 Å². The van der Waals surface area contributed by atoms with Crippen LogP contribution in [0.3, 0.4) is 0 Å². The molecule has 0 amide bonds. The summed E-state index contributed by atoms with van der Waals surface area (Å²) in [5, 5.41) is 29.2. The van der Waals surface area contributed by atoms with Gasteiger partial charge in [-0.05, 0) is 25.0 Å². The highest BCUT2D eigenvalue weighted by Crippen LogP contribution is 2.33. The molecule has 0 saturated carbocycles. The molecule has 144 valence electrons. The van der Waals surface area contributed by atoms with Crippen LogP contribution in [-0.2, 0) is 13.0 Å². The second-order valence-electron chi connectivity index (χ2n) is 6.97. The number of hydrogen-bond donors (Lipinski definition) is 3. The fourth-order valence-corrected chi connectivity index (χ4v) is 3.55. The summed E-state index contributed by atoms with van der Waals surface area (Å²) in [6.07, 6.45) is 0.0420. The van der Waals surface area contributed by atoms with Gasteiger partial charge in [-0.15, -0.1) is 0 Å². The second kappa shape index (κ2) is 7.96. The molecule has 6 nitrogen and oxygen atoms in total. The lowest BCUT2D eigenvalue weighted by Gasteiger charge is -2.13. The average Bonchev–Trinajstić information content (AvgIpc) is 3.03. The summed E-state index contributed by atoms with van der Waals surface area (Å²) in [5.74, 6) is 0. The van der Waals surface area contributed by atoms with E-state index in [2.05, 4.69) is 40.7 Å². The largest absolute Gasteiger partial charge is 0.394 e. The maximum atomic E-state index is 9.88. The van der Waals surface area contributed by atoms with Gasteiger partial charge in [-0.1, -0.05) is 48.5 Å². The number of hydrogen-bond acceptors (Lipinski definition) is 5. The van der Waals surface area contributed by atoms with Crippen LogP contribution in [0.4, 0.5) is 5.69 Å². The van der Waals surface area contributed by atoms with E-state index in [-0.39, 0.29) is 13.2 Å². The number of pyridine rings is 1. The fraction of sp³-hybridized carbons (Fsp3) is 0.273. The van der Waals surface area contributed by atoms with E-state index in [9.17, 15) is 10.2 Å². The van der Waals surface area contributed by atoms with Crippen LogP contribution in [0.25, 0.3) is 21.9 Å². The number of aliphatic hydroxyl groups excluding tert-OH is 2. The molecule has 0 aliphatic rings. The van der Waals surface area contributed by atoms with E-state index < -0.39 is 6.10 Å². The van der Waals surface area contributed by atoms with Gasteiger partial charge < -0.3 is 15.5 Å². The van der Waals surface area contributed by atoms with Crippen molar-refractivity contribution in [3.05, 3.63) is 65.9 Å². The van der Waals surface area contributed by atoms with Crippen molar-refractivity contribution in [2.45, 2.75) is 26.0 Å². The van der Waals surface area contributed by atoms with Crippen molar-refractivity contribution in [2.24, 2.45) is 0 Å². The van der Waals surface area contributed by atoms with Crippen LogP contribution >= 0.6 is 0 Å². The second-order valence-corrected chi connectivity index (χ2v) is 6.97. The minimum Gasteiger partial charge on any atom is -0.394 e. The van der Waals surface area contributed by atoms with E-state index in [1.807, 2.05) is 31.2 Å². The zero-order valence-corrected chi connectivity index (χ0v) is 15.8. The van der Waals surface area contributed by atoms with Gasteiger partial charge in [0.2, 0.25) is 0 Å². The number of aryl methyl sites for hydroxylation is 1. The molecule has 1 atom stereocenters. The third-order valence-corrected chi connectivity index (χ3v) is 4.90. The smallest absolute Gasteiger partial charge is 0.160 e. The van der Waals surface area contributed by atoms with Crippen molar-refractivity contribution in [1.29, 1.82) is 0 Å². The van der Waals surface area contributed by atoms with Crippen molar-refractivity contribution in [2.75, 3.05) is 18.5 Å². The molecule has 0 radical (unpaired) electrons. The normalized spacial score (nSPS) is 12.5. The van der Waals surface area contributed by atoms with Gasteiger partial charge in [0.05, 0.1) is 41.5 Å². The fourth-order valence-electron chi connectivity index (χ4n) is 3.55. The summed E-state index contributed by atoms with van der Waals surface area (Å²) in [4.78, 5) is 4.78. The zero-order valence-electron chi connectivity index (χ0n) is 15.8. The number of benzene rings is 2. The molecule has 0 fully saturated rings. The number of aromatic nitrogens is 3. The first-order valence-corrected chi connectivity index (χ1v) is 9.50. The molecule has 4 rings (SSSR count). The first kappa shape index (κ1) is 18.4. The van der Waals surface area contributed by atoms with Gasteiger partial charge in [-0.2, -0.15) is 5.10 Å². The highest BCUT2D eigenvalue weighted by atomic mass is 16.3. The molecule has 0 bridgehead atoms. The SMILES string of the molecule is Cc1nn(C[C@@H](O)CO)c2nc3ccccc3c(NCCc3ccccc3)c12. The van der Waals surface area contributed by atoms with Crippen molar-refractivity contribution in [3.8, 4) is 0 Å². The van der Waals surface area contributed by atoms with E-state index in [4.69, 9.17) is 4.98 Å². The predicted octanol–water partition coefficient (Wildman–Crippen LogP) is 2.90. The Hall–Kier alpha value is -2.96. The van der Waals surface area contributed by atoms with Gasteiger partial charge in [-0.25, -0.2) is 9.67 Å². The Morgan fingerprint density at radius 3 is 2.61 bits per heavy atom. The maximum absolute atomic E-state index is 9.88. The number of aliphatic hydroxyl groups is 2. The molecule has 3 N–H and O–H groups in total. The molecule has 2 aromatic heterocycles. The third-order valence-electron chi connectivity index (χ3n) is 4.90. The Morgan fingerprint density at radius 1 is 1.07 bits per heavy atom. The monoisotopic (exact) mass is 376 g/mol. The molecule has 0 unspecified atom stereocenters. The molecule has 0 saturated heterocycles. The Kier molecular flexibility index (Phi) is 5.23. The van der Waals surface area contributed by atoms with Crippen LogP contribution < -0.4 is 5.32 Å². The summed E-state index contributed by atoms with van der Waals surface area (Å²) in [7, 11) is 0. The first-order chi connectivity index (χ1) is 13.7. The van der Waals surface area contributed by atoms with Gasteiger partial charge in [0.25, 0.3) is 0 Å². The average molecular weight is 376 g/mol. The van der Waals surface area contributed by atoms with E-state index in [1.54, 1.807) is 4.68 Å². The summed E-state index contributed by atoms with van der Waals surface area (Å²) < 4.78 is 1.68. The van der Waals surface area contributed by atoms with Gasteiger partial charge >= 0.3 is 0 Å². The Bertz CT molecular complexity index is 1090. The maximum Gasteiger partial charge on any atom is 0.160 e. The quantitative estimate of drug-likeness (QED) is 0.462. The minimum absolute atomic E-state index is 0.204. The van der Waals surface area contributed by atoms with Crippen molar-refractivity contribution in [3.63, 3.8) is 0 Å². The lowest BCUT2D eigenvalue weighted by molar-refractivity contribution is 0.0791. The predicted molar refractivity (Wildman–Crippen MR) is 111 cm³/mol. The summed E-state index contributed by atoms with van der Waals surface area (Å²) >= 11 is 0. The Balaban J connectivity index is 1.75. The third kappa shape index (κ3) is 3.56. The zero-order chi connectivity index (χ0) is 19.5. The molecule has 6 heteroatoms. The summed E-state index contributed by atoms with van der Waals surface area (Å²) in [6, 6.07) is 18.4. The molecule has 2 aromatic carbocycles. The van der Waals surface area contributed by atoms with E-state index >= 15 is 0 Å². The minimum atomic E-state index is -0.870. The van der Waals surface area contributed by atoms with Crippen LogP contribution in [0, 0.1) is 6.92 Å². The van der Waals surface area contributed by atoms with Crippen molar-refractivity contribution in [1.82, 2.24) is 14.8 Å². The number of para-hydroxylation sites is 1. The summed E-state index contributed by atoms with van der Waals surface area (Å²) in [6.45, 7) is 2.63. The van der Waals surface area contributed by atoms with Gasteiger partial charge in [0, 0.05) is 11.9 Å². The van der Waals surface area contributed by atoms with Crippen LogP contribution in [0.1, 0.15) is 11.3 Å². The molecule has 4 aromatic rings. The van der Waals surface area contributed by atoms with Crippen molar-refractivity contribution >= 4 is 27.6 Å². The highest BCUT2D eigenvalue weighted by Gasteiger charge is 2.18. The van der Waals surface area contributed by atoms with Crippen LogP contribution in [0.5, 0.6) is 0 Å². The number of nitrogens with zero attached hydrogens (tertiary/aromatic N) is 3. The standard InChI is InChI=1S/C22H24N4O2/c1-15-20-21(23-12-11-16-7-3-2-4-8-16)18-9-5-6-10-19(18)24-22(20)26(25-15)13-17(28)14-27/h2-10,17,27-28H,11-14H2,1H3,(H,23,24)/t17-/m1/s1. The molecular formula is C22H24N4O2. The lowest BCUT2D eigenvalue weighted by atomic mass is 10.1. The highest BCUT2D eigenvalue weighted by molar-refractivity contribution is 6.07. The molecule has 28 heavy (non-hydrogen) atoms. The molecule has 0 aliphatic carbocycles. The van der Waals surface area contributed by atoms with Crippen molar-refractivity contribution < 1.29 is 10.2 Å². The van der Waals surface area contributed by atoms with Crippen LogP contribution in [0.2, 0.25) is 0 Å². The van der Waals surface area contributed by atoms with E-state index in [1.165, 1.54) is 5.56 Å². The number of anilines is 1. The lowest BCUT2D eigenvalue weighted by Crippen LogP contribution is -2.20. The molecule has 2 heterocycles. The molecule has 0 aliphatic heterocycles. The molecular weight excluding hydrogens is 352 g/mol. The number of fused-ring (bicyclic) bond motifs is 2. The molecule has 0 spiro atoms. The van der Waals surface area contributed by atoms with E-state index in [0.717, 1.165) is 40.6 Å². The van der Waals surface area contributed by atoms with E-state index in [0.29, 0.717) is 5.65 Å². The number of nitrogens with one attached hydrogen (secondary N) is 1. The number of rotatable bonds is 7. The summed E-state index contributed by atoms with van der Waals surface area (Å²) in [5.41, 5.74) is 4.73. The first-order valence-electron chi connectivity index (χ1n) is 9.50. The Labute approximate surface area is 163 Å². The van der Waals surface area contributed by atoms with Crippen LogP contribution in [0.15, 0.2) is 54.6 Å². The van der Waals surface area contributed by atoms with Gasteiger partial charge in [0.1, 0.15) is 0 Å². The Morgan fingerprint density at radius 2 is 1.82 bits per heavy atom. The van der Waals surface area contributed by atoms with Gasteiger partial charge in [0.15, 0.2) is 5.65 Å². The topological polar surface area (TPSA) is 83.2 Å². The van der Waals surface area contributed by atoms with Gasteiger partial charge in [-0.3, -0.25) is 0 Å².